The van der Waals surface area contributed by atoms with E-state index in [1.165, 1.54) is 38.5 Å². The van der Waals surface area contributed by atoms with Gasteiger partial charge in [-0.1, -0.05) is 45.4 Å². The molecule has 0 saturated carbocycles. The number of unbranched alkanes of at least 4 members (excludes halogenated alkanes) is 6. The molecule has 0 aliphatic heterocycles. The van der Waals surface area contributed by atoms with Gasteiger partial charge in [0, 0.05) is 0 Å². The van der Waals surface area contributed by atoms with Crippen molar-refractivity contribution in [2.75, 3.05) is 0 Å². The maximum Gasteiger partial charge on any atom is 0.508 e. The molecule has 0 spiro atoms. The second-order valence-electron chi connectivity index (χ2n) is 4.06. The number of rotatable bonds is 9. The Morgan fingerprint density at radius 3 is 2.00 bits per heavy atom. The molecule has 0 aliphatic rings. The van der Waals surface area contributed by atoms with Crippen LogP contribution in [0.2, 0.25) is 0 Å². The fourth-order valence-corrected chi connectivity index (χ4v) is 1.91. The number of hydrogen-bond acceptors (Lipinski definition) is 1. The molecule has 2 atom stereocenters. The summed E-state index contributed by atoms with van der Waals surface area (Å²) in [5.74, 6) is 0. The van der Waals surface area contributed by atoms with Crippen molar-refractivity contribution in [2.45, 2.75) is 70.9 Å². The van der Waals surface area contributed by atoms with E-state index in [0.29, 0.717) is 0 Å². The van der Waals surface area contributed by atoms with E-state index in [1.807, 2.05) is 6.92 Å². The third kappa shape index (κ3) is 12.3. The average Bonchev–Trinajstić information content (AvgIpc) is 2.16. The first-order chi connectivity index (χ1) is 6.68. The Morgan fingerprint density at radius 2 is 1.53 bits per heavy atom. The summed E-state index contributed by atoms with van der Waals surface area (Å²) in [6.45, 7) is 4.08. The van der Waals surface area contributed by atoms with Gasteiger partial charge in [-0.15, -0.1) is 12.4 Å². The van der Waals surface area contributed by atoms with Crippen LogP contribution in [0, 0.1) is 0 Å². The molecule has 1 N–H and O–H groups in total. The second-order valence-corrected chi connectivity index (χ2v) is 5.55. The van der Waals surface area contributed by atoms with E-state index < -0.39 is 8.03 Å². The molecule has 2 unspecified atom stereocenters. The first kappa shape index (κ1) is 17.7. The topological polar surface area (TPSA) is 37.3 Å². The standard InChI is InChI=1S/C11H23O2P.ClH/c1-3-4-5-6-7-8-9-10-11(2)14(12)13;/h11H,3-10H2,1-2H3;1H/p+1. The van der Waals surface area contributed by atoms with Crippen LogP contribution in [0.3, 0.4) is 0 Å². The molecule has 0 saturated heterocycles. The molecule has 0 bridgehead atoms. The van der Waals surface area contributed by atoms with E-state index in [1.54, 1.807) is 0 Å². The van der Waals surface area contributed by atoms with Gasteiger partial charge in [-0.05, 0) is 24.3 Å². The monoisotopic (exact) mass is 255 g/mol. The maximum absolute atomic E-state index is 10.7. The molecule has 0 fully saturated rings. The number of halogens is 1. The lowest BCUT2D eigenvalue weighted by molar-refractivity contribution is 0.482. The highest BCUT2D eigenvalue weighted by Crippen LogP contribution is 2.26. The van der Waals surface area contributed by atoms with Gasteiger partial charge in [0.15, 0.2) is 5.66 Å². The summed E-state index contributed by atoms with van der Waals surface area (Å²) in [5.41, 5.74) is -0.0133. The Bertz CT molecular complexity index is 154. The lowest BCUT2D eigenvalue weighted by Gasteiger charge is -2.00. The molecule has 0 aromatic heterocycles. The summed E-state index contributed by atoms with van der Waals surface area (Å²) >= 11 is 0. The minimum absolute atomic E-state index is 0. The quantitative estimate of drug-likeness (QED) is 0.480. The second kappa shape index (κ2) is 12.4. The summed E-state index contributed by atoms with van der Waals surface area (Å²) in [7, 11) is -1.94. The van der Waals surface area contributed by atoms with Crippen LogP contribution in [0.5, 0.6) is 0 Å². The van der Waals surface area contributed by atoms with Gasteiger partial charge in [0.05, 0.1) is 0 Å². The molecule has 0 rings (SSSR count). The minimum Gasteiger partial charge on any atom is -0.161 e. The summed E-state index contributed by atoms with van der Waals surface area (Å²) in [5, 5.41) is 0. The smallest absolute Gasteiger partial charge is 0.161 e. The van der Waals surface area contributed by atoms with Crippen LogP contribution in [0.25, 0.3) is 0 Å². The molecular formula is C11H25ClO2P+. The Kier molecular flexibility index (Phi) is 14.7. The molecule has 15 heavy (non-hydrogen) atoms. The van der Waals surface area contributed by atoms with Crippen molar-refractivity contribution in [2.24, 2.45) is 0 Å². The van der Waals surface area contributed by atoms with Crippen LogP contribution in [0.1, 0.15) is 65.2 Å². The first-order valence-corrected chi connectivity index (χ1v) is 7.12. The third-order valence-electron chi connectivity index (χ3n) is 2.60. The highest BCUT2D eigenvalue weighted by Gasteiger charge is 2.21. The molecule has 0 radical (unpaired) electrons. The zero-order valence-corrected chi connectivity index (χ0v) is 11.7. The van der Waals surface area contributed by atoms with Gasteiger partial charge in [-0.3, -0.25) is 0 Å². The zero-order chi connectivity index (χ0) is 10.8. The molecule has 0 aliphatic carbocycles. The highest BCUT2D eigenvalue weighted by atomic mass is 35.5. The Balaban J connectivity index is 0. The largest absolute Gasteiger partial charge is 0.508 e. The van der Waals surface area contributed by atoms with Crippen molar-refractivity contribution in [1.82, 2.24) is 0 Å². The predicted molar refractivity (Wildman–Crippen MR) is 69.1 cm³/mol. The molecule has 4 heteroatoms. The Labute approximate surface area is 101 Å². The van der Waals surface area contributed by atoms with Gasteiger partial charge in [0.1, 0.15) is 0 Å². The molecule has 0 heterocycles. The van der Waals surface area contributed by atoms with Gasteiger partial charge in [0.25, 0.3) is 0 Å². The minimum atomic E-state index is -1.94. The summed E-state index contributed by atoms with van der Waals surface area (Å²) in [6.07, 6.45) is 9.83. The van der Waals surface area contributed by atoms with Crippen molar-refractivity contribution >= 4 is 20.4 Å². The van der Waals surface area contributed by atoms with Crippen molar-refractivity contribution in [3.05, 3.63) is 0 Å². The van der Waals surface area contributed by atoms with Crippen LogP contribution in [-0.4, -0.2) is 10.6 Å². The zero-order valence-electron chi connectivity index (χ0n) is 9.95. The van der Waals surface area contributed by atoms with Crippen molar-refractivity contribution in [3.8, 4) is 0 Å². The summed E-state index contributed by atoms with van der Waals surface area (Å²) < 4.78 is 10.7. The van der Waals surface area contributed by atoms with Crippen LogP contribution >= 0.6 is 20.4 Å². The van der Waals surface area contributed by atoms with Crippen molar-refractivity contribution < 1.29 is 9.46 Å². The van der Waals surface area contributed by atoms with Crippen LogP contribution in [-0.2, 0) is 4.57 Å². The van der Waals surface area contributed by atoms with Gasteiger partial charge in [0.2, 0.25) is 0 Å². The normalized spacial score (nSPS) is 13.1. The van der Waals surface area contributed by atoms with Gasteiger partial charge >= 0.3 is 8.03 Å². The van der Waals surface area contributed by atoms with E-state index in [4.69, 9.17) is 4.89 Å². The molecule has 0 aromatic carbocycles. The van der Waals surface area contributed by atoms with Crippen molar-refractivity contribution in [3.63, 3.8) is 0 Å². The fraction of sp³-hybridized carbons (Fsp3) is 1.00. The molecule has 0 aromatic rings. The molecule has 0 amide bonds. The van der Waals surface area contributed by atoms with E-state index in [0.717, 1.165) is 12.8 Å². The van der Waals surface area contributed by atoms with Crippen LogP contribution < -0.4 is 0 Å². The first-order valence-electron chi connectivity index (χ1n) is 5.83. The van der Waals surface area contributed by atoms with E-state index >= 15 is 0 Å². The van der Waals surface area contributed by atoms with Crippen LogP contribution in [0.4, 0.5) is 0 Å². The predicted octanol–water partition coefficient (Wildman–Crippen LogP) is 4.67. The van der Waals surface area contributed by atoms with E-state index in [9.17, 15) is 4.57 Å². The van der Waals surface area contributed by atoms with Crippen LogP contribution in [0.15, 0.2) is 0 Å². The lowest BCUT2D eigenvalue weighted by Crippen LogP contribution is -1.94. The summed E-state index contributed by atoms with van der Waals surface area (Å²) in [4.78, 5) is 8.80. The highest BCUT2D eigenvalue weighted by molar-refractivity contribution is 7.38. The molecular weight excluding hydrogens is 231 g/mol. The van der Waals surface area contributed by atoms with Gasteiger partial charge in [-0.2, -0.15) is 4.89 Å². The molecule has 2 nitrogen and oxygen atoms in total. The lowest BCUT2D eigenvalue weighted by atomic mass is 10.1. The van der Waals surface area contributed by atoms with Gasteiger partial charge < -0.3 is 0 Å². The maximum atomic E-state index is 10.7. The Morgan fingerprint density at radius 1 is 1.07 bits per heavy atom. The van der Waals surface area contributed by atoms with E-state index in [2.05, 4.69) is 6.92 Å². The summed E-state index contributed by atoms with van der Waals surface area (Å²) in [6, 6.07) is 0. The van der Waals surface area contributed by atoms with Gasteiger partial charge in [-0.25, -0.2) is 0 Å². The molecule has 92 valence electrons. The Hall–Kier alpha value is 0.350. The third-order valence-corrected chi connectivity index (χ3v) is 3.61. The average molecular weight is 256 g/mol. The van der Waals surface area contributed by atoms with E-state index in [-0.39, 0.29) is 18.1 Å². The number of hydrogen-bond donors (Lipinski definition) is 1. The fourth-order valence-electron chi connectivity index (χ4n) is 1.51. The van der Waals surface area contributed by atoms with Crippen molar-refractivity contribution in [1.29, 1.82) is 0 Å². The SMILES string of the molecule is CCCCCCCCCC(C)[P+](=O)O.Cl.